The summed E-state index contributed by atoms with van der Waals surface area (Å²) in [5.74, 6) is 2.07. The van der Waals surface area contributed by atoms with Gasteiger partial charge in [-0.2, -0.15) is 11.8 Å². The molecule has 0 aliphatic carbocycles. The Labute approximate surface area is 116 Å². The molecule has 0 bridgehead atoms. The van der Waals surface area contributed by atoms with Gasteiger partial charge in [0.2, 0.25) is 5.95 Å². The van der Waals surface area contributed by atoms with Gasteiger partial charge >= 0.3 is 0 Å². The molecule has 0 amide bonds. The van der Waals surface area contributed by atoms with Crippen LogP contribution in [0, 0.1) is 0 Å². The van der Waals surface area contributed by atoms with Crippen molar-refractivity contribution in [3.8, 4) is 0 Å². The van der Waals surface area contributed by atoms with Crippen LogP contribution in [0.2, 0.25) is 0 Å². The molecule has 2 heterocycles. The van der Waals surface area contributed by atoms with Crippen molar-refractivity contribution < 1.29 is 0 Å². The predicted octanol–water partition coefficient (Wildman–Crippen LogP) is 3.02. The Balaban J connectivity index is 1.94. The minimum Gasteiger partial charge on any atom is -0.326 e. The lowest BCUT2D eigenvalue weighted by Crippen LogP contribution is -2.16. The van der Waals surface area contributed by atoms with Gasteiger partial charge in [0.1, 0.15) is 0 Å². The molecule has 1 aliphatic heterocycles. The molecular weight excluding hydrogens is 314 g/mol. The third kappa shape index (κ3) is 2.30. The number of rotatable bonds is 2. The number of H-pyrrole nitrogens is 1. The van der Waals surface area contributed by atoms with E-state index in [-0.39, 0.29) is 5.56 Å². The van der Waals surface area contributed by atoms with Crippen LogP contribution in [0.4, 0.5) is 11.6 Å². The third-order valence-corrected chi connectivity index (χ3v) is 4.14. The molecule has 0 unspecified atom stereocenters. The Hall–Kier alpha value is -1.27. The highest BCUT2D eigenvalue weighted by atomic mass is 79.9. The highest BCUT2D eigenvalue weighted by molar-refractivity contribution is 9.10. The average Bonchev–Trinajstić information content (AvgIpc) is 2.77. The third-order valence-electron chi connectivity index (χ3n) is 2.67. The summed E-state index contributed by atoms with van der Waals surface area (Å²) >= 11 is 5.12. The van der Waals surface area contributed by atoms with Gasteiger partial charge in [-0.25, -0.2) is 4.98 Å². The number of hydrogen-bond acceptors (Lipinski definition) is 4. The molecule has 0 saturated heterocycles. The number of anilines is 2. The number of halogens is 1. The van der Waals surface area contributed by atoms with Crippen molar-refractivity contribution in [1.29, 1.82) is 0 Å². The fourth-order valence-electron chi connectivity index (χ4n) is 1.82. The topological polar surface area (TPSA) is 57.8 Å². The molecular formula is C12H10BrN3OS. The number of nitrogens with one attached hydrogen (secondary N) is 2. The van der Waals surface area contributed by atoms with E-state index < -0.39 is 0 Å². The largest absolute Gasteiger partial charge is 0.326 e. The summed E-state index contributed by atoms with van der Waals surface area (Å²) in [6.45, 7) is 0. The smallest absolute Gasteiger partial charge is 0.256 e. The van der Waals surface area contributed by atoms with Crippen molar-refractivity contribution >= 4 is 39.3 Å². The lowest BCUT2D eigenvalue weighted by molar-refractivity contribution is 1.03. The minimum absolute atomic E-state index is 0.0394. The zero-order valence-electron chi connectivity index (χ0n) is 9.37. The second-order valence-corrected chi connectivity index (χ2v) is 5.87. The summed E-state index contributed by atoms with van der Waals surface area (Å²) in [6, 6.07) is 7.73. The highest BCUT2D eigenvalue weighted by Gasteiger charge is 2.17. The summed E-state index contributed by atoms with van der Waals surface area (Å²) in [7, 11) is 0. The first-order chi connectivity index (χ1) is 8.72. The molecule has 2 N–H and O–H groups in total. The van der Waals surface area contributed by atoms with E-state index in [1.165, 1.54) is 0 Å². The molecule has 18 heavy (non-hydrogen) atoms. The van der Waals surface area contributed by atoms with E-state index in [0.29, 0.717) is 5.95 Å². The number of aromatic nitrogens is 2. The van der Waals surface area contributed by atoms with E-state index in [0.717, 1.165) is 32.9 Å². The first-order valence-corrected chi connectivity index (χ1v) is 7.39. The Morgan fingerprint density at radius 3 is 3.11 bits per heavy atom. The molecule has 0 radical (unpaired) electrons. The van der Waals surface area contributed by atoms with Crippen molar-refractivity contribution in [2.24, 2.45) is 0 Å². The second kappa shape index (κ2) is 4.78. The molecule has 0 saturated carbocycles. The monoisotopic (exact) mass is 323 g/mol. The summed E-state index contributed by atoms with van der Waals surface area (Å²) in [5.41, 5.74) is 2.54. The van der Waals surface area contributed by atoms with Crippen molar-refractivity contribution in [3.63, 3.8) is 0 Å². The van der Waals surface area contributed by atoms with Crippen molar-refractivity contribution in [2.75, 3.05) is 5.32 Å². The van der Waals surface area contributed by atoms with E-state index in [1.807, 2.05) is 24.3 Å². The number of hydrogen-bond donors (Lipinski definition) is 2. The van der Waals surface area contributed by atoms with E-state index >= 15 is 0 Å². The summed E-state index contributed by atoms with van der Waals surface area (Å²) < 4.78 is 0.978. The van der Waals surface area contributed by atoms with E-state index in [1.54, 1.807) is 11.8 Å². The van der Waals surface area contributed by atoms with Crippen LogP contribution in [0.15, 0.2) is 33.5 Å². The van der Waals surface area contributed by atoms with Gasteiger partial charge in [-0.15, -0.1) is 0 Å². The van der Waals surface area contributed by atoms with Crippen molar-refractivity contribution in [2.45, 2.75) is 11.5 Å². The van der Waals surface area contributed by atoms with E-state index in [4.69, 9.17) is 0 Å². The molecule has 6 heteroatoms. The Morgan fingerprint density at radius 1 is 1.39 bits per heavy atom. The first-order valence-electron chi connectivity index (χ1n) is 5.45. The number of benzene rings is 1. The number of aromatic amines is 1. The molecule has 3 rings (SSSR count). The predicted molar refractivity (Wildman–Crippen MR) is 77.3 cm³/mol. The quantitative estimate of drug-likeness (QED) is 0.891. The zero-order chi connectivity index (χ0) is 12.5. The fraction of sp³-hybridized carbons (Fsp3) is 0.167. The van der Waals surface area contributed by atoms with Crippen molar-refractivity contribution in [3.05, 3.63) is 50.3 Å². The highest BCUT2D eigenvalue weighted by Crippen LogP contribution is 2.26. The number of nitrogens with zero attached hydrogens (tertiary/aromatic N) is 1. The maximum Gasteiger partial charge on any atom is 0.256 e. The van der Waals surface area contributed by atoms with Crippen LogP contribution in [0.25, 0.3) is 0 Å². The van der Waals surface area contributed by atoms with Gasteiger partial charge in [0.05, 0.1) is 5.69 Å². The minimum atomic E-state index is -0.0394. The summed E-state index contributed by atoms with van der Waals surface area (Å²) in [4.78, 5) is 19.0. The first kappa shape index (κ1) is 11.8. The Bertz CT molecular complexity index is 656. The van der Waals surface area contributed by atoms with Crippen LogP contribution in [-0.4, -0.2) is 9.97 Å². The summed E-state index contributed by atoms with van der Waals surface area (Å²) in [5, 5.41) is 3.11. The molecule has 1 aliphatic rings. The van der Waals surface area contributed by atoms with Crippen LogP contribution in [0.5, 0.6) is 0 Å². The summed E-state index contributed by atoms with van der Waals surface area (Å²) in [6.07, 6.45) is 0. The number of thioether (sulfide) groups is 1. The van der Waals surface area contributed by atoms with Crippen LogP contribution >= 0.6 is 27.7 Å². The zero-order valence-corrected chi connectivity index (χ0v) is 11.8. The van der Waals surface area contributed by atoms with Gasteiger partial charge in [-0.3, -0.25) is 9.78 Å². The molecule has 1 aromatic carbocycles. The molecule has 92 valence electrons. The lowest BCUT2D eigenvalue weighted by Gasteiger charge is -2.07. The molecule has 0 fully saturated rings. The molecule has 0 atom stereocenters. The molecule has 2 aromatic rings. The van der Waals surface area contributed by atoms with Gasteiger partial charge in [0.15, 0.2) is 0 Å². The lowest BCUT2D eigenvalue weighted by atomic mass is 10.3. The Morgan fingerprint density at radius 2 is 2.28 bits per heavy atom. The van der Waals surface area contributed by atoms with Gasteiger partial charge in [-0.05, 0) is 18.2 Å². The SMILES string of the molecule is O=c1[nH]c(Nc2cccc(Br)c2)nc2c1CSC2. The maximum absolute atomic E-state index is 11.8. The van der Waals surface area contributed by atoms with E-state index in [2.05, 4.69) is 31.2 Å². The van der Waals surface area contributed by atoms with Crippen molar-refractivity contribution in [1.82, 2.24) is 9.97 Å². The maximum atomic E-state index is 11.8. The van der Waals surface area contributed by atoms with E-state index in [9.17, 15) is 4.79 Å². The standard InChI is InChI=1S/C12H10BrN3OS/c13-7-2-1-3-8(4-7)14-12-15-10-6-18-5-9(10)11(17)16-12/h1-4H,5-6H2,(H2,14,15,16,17). The normalized spacial score (nSPS) is 13.4. The van der Waals surface area contributed by atoms with Gasteiger partial charge in [0.25, 0.3) is 5.56 Å². The van der Waals surface area contributed by atoms with Crippen LogP contribution in [0.1, 0.15) is 11.3 Å². The second-order valence-electron chi connectivity index (χ2n) is 3.97. The van der Waals surface area contributed by atoms with Gasteiger partial charge in [-0.1, -0.05) is 22.0 Å². The Kier molecular flexibility index (Phi) is 3.13. The molecule has 1 aromatic heterocycles. The molecule has 0 spiro atoms. The van der Waals surface area contributed by atoms with Crippen LogP contribution in [-0.2, 0) is 11.5 Å². The average molecular weight is 324 g/mol. The van der Waals surface area contributed by atoms with Crippen LogP contribution in [0.3, 0.4) is 0 Å². The number of fused-ring (bicyclic) bond motifs is 1. The van der Waals surface area contributed by atoms with Gasteiger partial charge in [0, 0.05) is 27.2 Å². The molecule has 4 nitrogen and oxygen atoms in total. The van der Waals surface area contributed by atoms with Crippen LogP contribution < -0.4 is 10.9 Å². The van der Waals surface area contributed by atoms with Gasteiger partial charge < -0.3 is 5.32 Å². The fourth-order valence-corrected chi connectivity index (χ4v) is 3.26.